The molecule has 0 radical (unpaired) electrons. The average molecular weight is 280 g/mol. The molecule has 0 aliphatic carbocycles. The molecule has 1 heterocycles. The van der Waals surface area contributed by atoms with Gasteiger partial charge < -0.3 is 9.84 Å². The minimum atomic E-state index is -0.629. The Balaban J connectivity index is 2.31. The largest absolute Gasteiger partial charge is 0.339 e. The van der Waals surface area contributed by atoms with E-state index in [-0.39, 0.29) is 5.91 Å². The fourth-order valence-corrected chi connectivity index (χ4v) is 1.68. The molecule has 1 aromatic carbocycles. The molecule has 0 saturated heterocycles. The molecule has 2 aromatic rings. The highest BCUT2D eigenvalue weighted by molar-refractivity contribution is 6.30. The topological polar surface area (TPSA) is 68.0 Å². The van der Waals surface area contributed by atoms with Crippen molar-refractivity contribution in [2.24, 2.45) is 0 Å². The zero-order chi connectivity index (χ0) is 13.8. The number of nitrogens with one attached hydrogen (secondary N) is 1. The number of amides is 1. The number of benzene rings is 1. The predicted molar refractivity (Wildman–Crippen MR) is 70.8 cm³/mol. The molecular formula is C13H14ClN3O2. The van der Waals surface area contributed by atoms with Crippen molar-refractivity contribution in [1.29, 1.82) is 0 Å². The number of hydrogen-bond donors (Lipinski definition) is 1. The summed E-state index contributed by atoms with van der Waals surface area (Å²) in [5.41, 5.74) is 0.858. The van der Waals surface area contributed by atoms with Crippen LogP contribution in [-0.4, -0.2) is 21.4 Å². The SMILES string of the molecule is Cc1noc(C(NC(=O)C(C)Cl)c2ccccc2)n1. The molecule has 100 valence electrons. The molecule has 2 rings (SSSR count). The lowest BCUT2D eigenvalue weighted by atomic mass is 10.1. The molecule has 1 N–H and O–H groups in total. The molecule has 5 nitrogen and oxygen atoms in total. The lowest BCUT2D eigenvalue weighted by Crippen LogP contribution is -2.34. The third-order valence-corrected chi connectivity index (χ3v) is 2.77. The van der Waals surface area contributed by atoms with Crippen molar-refractivity contribution in [2.75, 3.05) is 0 Å². The van der Waals surface area contributed by atoms with Crippen molar-refractivity contribution in [3.05, 3.63) is 47.6 Å². The molecule has 1 amide bonds. The number of carbonyl (C=O) groups excluding carboxylic acids is 1. The third kappa shape index (κ3) is 3.32. The van der Waals surface area contributed by atoms with Crippen molar-refractivity contribution in [2.45, 2.75) is 25.3 Å². The van der Waals surface area contributed by atoms with Crippen molar-refractivity contribution >= 4 is 17.5 Å². The lowest BCUT2D eigenvalue weighted by molar-refractivity contribution is -0.121. The number of hydrogen-bond acceptors (Lipinski definition) is 4. The fraction of sp³-hybridized carbons (Fsp3) is 0.308. The van der Waals surface area contributed by atoms with E-state index in [0.717, 1.165) is 5.56 Å². The number of aryl methyl sites for hydroxylation is 1. The summed E-state index contributed by atoms with van der Waals surface area (Å²) in [5.74, 6) is 0.574. The molecule has 0 fully saturated rings. The van der Waals surface area contributed by atoms with E-state index in [0.29, 0.717) is 11.7 Å². The first-order valence-corrected chi connectivity index (χ1v) is 6.31. The van der Waals surface area contributed by atoms with E-state index >= 15 is 0 Å². The van der Waals surface area contributed by atoms with Crippen molar-refractivity contribution < 1.29 is 9.32 Å². The highest BCUT2D eigenvalue weighted by atomic mass is 35.5. The van der Waals surface area contributed by atoms with Crippen LogP contribution in [0.15, 0.2) is 34.9 Å². The van der Waals surface area contributed by atoms with Crippen LogP contribution in [-0.2, 0) is 4.79 Å². The highest BCUT2D eigenvalue weighted by Crippen LogP contribution is 2.20. The minimum absolute atomic E-state index is 0.286. The van der Waals surface area contributed by atoms with E-state index in [2.05, 4.69) is 15.5 Å². The van der Waals surface area contributed by atoms with E-state index < -0.39 is 11.4 Å². The van der Waals surface area contributed by atoms with Crippen LogP contribution < -0.4 is 5.32 Å². The number of alkyl halides is 1. The van der Waals surface area contributed by atoms with Gasteiger partial charge >= 0.3 is 0 Å². The van der Waals surface area contributed by atoms with E-state index in [9.17, 15) is 4.79 Å². The molecule has 2 unspecified atom stereocenters. The standard InChI is InChI=1S/C13H14ClN3O2/c1-8(14)12(18)16-11(10-6-4-3-5-7-10)13-15-9(2)17-19-13/h3-8,11H,1-2H3,(H,16,18). The van der Waals surface area contributed by atoms with Gasteiger partial charge in [0.05, 0.1) is 0 Å². The number of rotatable bonds is 4. The van der Waals surface area contributed by atoms with Gasteiger partial charge in [-0.15, -0.1) is 11.6 Å². The molecule has 0 aliphatic heterocycles. The Morgan fingerprint density at radius 1 is 1.37 bits per heavy atom. The Morgan fingerprint density at radius 2 is 2.05 bits per heavy atom. The van der Waals surface area contributed by atoms with Gasteiger partial charge in [-0.3, -0.25) is 4.79 Å². The molecule has 19 heavy (non-hydrogen) atoms. The highest BCUT2D eigenvalue weighted by Gasteiger charge is 2.24. The number of aromatic nitrogens is 2. The molecule has 0 aliphatic rings. The monoisotopic (exact) mass is 279 g/mol. The normalized spacial score (nSPS) is 13.8. The first-order chi connectivity index (χ1) is 9.08. The maximum atomic E-state index is 11.8. The summed E-state index contributed by atoms with van der Waals surface area (Å²) >= 11 is 5.77. The molecule has 6 heteroatoms. The van der Waals surface area contributed by atoms with Gasteiger partial charge in [0.25, 0.3) is 5.89 Å². The van der Waals surface area contributed by atoms with Crippen LogP contribution in [0.1, 0.15) is 30.2 Å². The first kappa shape index (κ1) is 13.5. The fourth-order valence-electron chi connectivity index (χ4n) is 1.62. The zero-order valence-electron chi connectivity index (χ0n) is 10.6. The number of halogens is 1. The number of nitrogens with zero attached hydrogens (tertiary/aromatic N) is 2. The Hall–Kier alpha value is -1.88. The van der Waals surface area contributed by atoms with Crippen LogP contribution in [0.2, 0.25) is 0 Å². The van der Waals surface area contributed by atoms with Crippen molar-refractivity contribution in [3.63, 3.8) is 0 Å². The third-order valence-electron chi connectivity index (χ3n) is 2.57. The van der Waals surface area contributed by atoms with Crippen LogP contribution in [0.4, 0.5) is 0 Å². The second-order valence-electron chi connectivity index (χ2n) is 4.15. The Morgan fingerprint density at radius 3 is 2.58 bits per heavy atom. The summed E-state index contributed by atoms with van der Waals surface area (Å²) in [4.78, 5) is 15.9. The summed E-state index contributed by atoms with van der Waals surface area (Å²) < 4.78 is 5.14. The quantitative estimate of drug-likeness (QED) is 0.871. The van der Waals surface area contributed by atoms with E-state index in [4.69, 9.17) is 16.1 Å². The van der Waals surface area contributed by atoms with E-state index in [1.807, 2.05) is 30.3 Å². The predicted octanol–water partition coefficient (Wildman–Crippen LogP) is 2.21. The lowest BCUT2D eigenvalue weighted by Gasteiger charge is -2.16. The van der Waals surface area contributed by atoms with Gasteiger partial charge in [0.1, 0.15) is 11.4 Å². The maximum absolute atomic E-state index is 11.8. The zero-order valence-corrected chi connectivity index (χ0v) is 11.4. The van der Waals surface area contributed by atoms with Gasteiger partial charge in [-0.05, 0) is 19.4 Å². The Kier molecular flexibility index (Phi) is 4.16. The second-order valence-corrected chi connectivity index (χ2v) is 4.80. The van der Waals surface area contributed by atoms with Gasteiger partial charge in [0.2, 0.25) is 5.91 Å². The van der Waals surface area contributed by atoms with Crippen molar-refractivity contribution in [1.82, 2.24) is 15.5 Å². The summed E-state index contributed by atoms with van der Waals surface area (Å²) in [6, 6.07) is 8.92. The van der Waals surface area contributed by atoms with Gasteiger partial charge in [0.15, 0.2) is 5.82 Å². The number of carbonyl (C=O) groups is 1. The average Bonchev–Trinajstić information content (AvgIpc) is 2.83. The van der Waals surface area contributed by atoms with Crippen molar-refractivity contribution in [3.8, 4) is 0 Å². The van der Waals surface area contributed by atoms with Crippen LogP contribution >= 0.6 is 11.6 Å². The summed E-state index contributed by atoms with van der Waals surface area (Å²) in [5, 5.41) is 5.91. The van der Waals surface area contributed by atoms with Crippen LogP contribution in [0.3, 0.4) is 0 Å². The Labute approximate surface area is 116 Å². The van der Waals surface area contributed by atoms with E-state index in [1.165, 1.54) is 0 Å². The molecule has 0 saturated carbocycles. The molecule has 2 atom stereocenters. The smallest absolute Gasteiger partial charge is 0.253 e. The molecular weight excluding hydrogens is 266 g/mol. The van der Waals surface area contributed by atoms with Crippen LogP contribution in [0.5, 0.6) is 0 Å². The summed E-state index contributed by atoms with van der Waals surface area (Å²) in [6.07, 6.45) is 0. The summed E-state index contributed by atoms with van der Waals surface area (Å²) in [7, 11) is 0. The molecule has 0 bridgehead atoms. The summed E-state index contributed by atoms with van der Waals surface area (Å²) in [6.45, 7) is 3.33. The van der Waals surface area contributed by atoms with Gasteiger partial charge in [-0.1, -0.05) is 35.5 Å². The van der Waals surface area contributed by atoms with Gasteiger partial charge in [0, 0.05) is 0 Å². The Bertz CT molecular complexity index is 554. The maximum Gasteiger partial charge on any atom is 0.253 e. The molecule has 0 spiro atoms. The van der Waals surface area contributed by atoms with Crippen LogP contribution in [0, 0.1) is 6.92 Å². The minimum Gasteiger partial charge on any atom is -0.339 e. The van der Waals surface area contributed by atoms with Gasteiger partial charge in [-0.25, -0.2) is 0 Å². The first-order valence-electron chi connectivity index (χ1n) is 5.87. The molecule has 1 aromatic heterocycles. The second kappa shape index (κ2) is 5.84. The van der Waals surface area contributed by atoms with Gasteiger partial charge in [-0.2, -0.15) is 4.98 Å². The van der Waals surface area contributed by atoms with E-state index in [1.54, 1.807) is 13.8 Å². The van der Waals surface area contributed by atoms with Crippen LogP contribution in [0.25, 0.3) is 0 Å².